The van der Waals surface area contributed by atoms with Crippen LogP contribution in [0.1, 0.15) is 67.5 Å². The van der Waals surface area contributed by atoms with E-state index >= 15 is 0 Å². The summed E-state index contributed by atoms with van der Waals surface area (Å²) in [4.78, 5) is 28.6. The van der Waals surface area contributed by atoms with Gasteiger partial charge in [-0.05, 0) is 98.3 Å². The molecule has 0 aliphatic carbocycles. The summed E-state index contributed by atoms with van der Waals surface area (Å²) < 4.78 is 11.4. The fourth-order valence-corrected chi connectivity index (χ4v) is 4.81. The molecule has 1 aliphatic rings. The van der Waals surface area contributed by atoms with Crippen molar-refractivity contribution in [3.05, 3.63) is 94.1 Å². The zero-order valence-corrected chi connectivity index (χ0v) is 23.0. The van der Waals surface area contributed by atoms with Crippen molar-refractivity contribution < 1.29 is 24.2 Å². The number of Topliss-reactive ketones (excluding diaryl/α,β-unsaturated/α-hetero) is 1. The number of carbonyl (C=O) groups excluding carboxylic acids is 2. The van der Waals surface area contributed by atoms with Crippen LogP contribution in [-0.2, 0) is 9.59 Å². The molecule has 3 aromatic carbocycles. The van der Waals surface area contributed by atoms with Gasteiger partial charge in [-0.2, -0.15) is 0 Å². The van der Waals surface area contributed by atoms with Crippen LogP contribution in [0.2, 0.25) is 0 Å². The fourth-order valence-electron chi connectivity index (χ4n) is 4.81. The van der Waals surface area contributed by atoms with Crippen LogP contribution in [0.4, 0.5) is 5.69 Å². The topological polar surface area (TPSA) is 76.1 Å². The van der Waals surface area contributed by atoms with Gasteiger partial charge in [0.05, 0.1) is 24.8 Å². The lowest BCUT2D eigenvalue weighted by Crippen LogP contribution is -2.29. The van der Waals surface area contributed by atoms with E-state index < -0.39 is 17.7 Å². The molecule has 3 aromatic rings. The summed E-state index contributed by atoms with van der Waals surface area (Å²) in [5, 5.41) is 11.6. The summed E-state index contributed by atoms with van der Waals surface area (Å²) in [6.45, 7) is 11.9. The Labute approximate surface area is 224 Å². The minimum absolute atomic E-state index is 0.0368. The minimum atomic E-state index is -0.836. The van der Waals surface area contributed by atoms with E-state index in [-0.39, 0.29) is 23.4 Å². The first kappa shape index (κ1) is 27.0. The smallest absolute Gasteiger partial charge is 0.300 e. The Morgan fingerprint density at radius 2 is 1.66 bits per heavy atom. The maximum Gasteiger partial charge on any atom is 0.300 e. The van der Waals surface area contributed by atoms with Gasteiger partial charge in [-0.15, -0.1) is 0 Å². The quantitative estimate of drug-likeness (QED) is 0.212. The molecular weight excluding hydrogens is 478 g/mol. The number of carbonyl (C=O) groups is 2. The molecular formula is C32H35NO5. The van der Waals surface area contributed by atoms with E-state index in [4.69, 9.17) is 9.47 Å². The van der Waals surface area contributed by atoms with Gasteiger partial charge in [0.15, 0.2) is 0 Å². The predicted molar refractivity (Wildman–Crippen MR) is 150 cm³/mol. The number of anilines is 1. The normalized spacial score (nSPS) is 17.0. The fraction of sp³-hybridized carbons (Fsp3) is 0.312. The predicted octanol–water partition coefficient (Wildman–Crippen LogP) is 6.85. The maximum absolute atomic E-state index is 13.6. The van der Waals surface area contributed by atoms with E-state index in [9.17, 15) is 14.7 Å². The van der Waals surface area contributed by atoms with Gasteiger partial charge in [-0.3, -0.25) is 14.5 Å². The number of ether oxygens (including phenoxy) is 2. The summed E-state index contributed by atoms with van der Waals surface area (Å²) >= 11 is 0. The molecule has 1 atom stereocenters. The number of ketones is 1. The molecule has 0 aromatic heterocycles. The minimum Gasteiger partial charge on any atom is -0.507 e. The SMILES string of the molecule is COc1ccc(/C(O)=C2\C(=O)C(=O)N(c3ccc(C)c(C)c3)C2c2cccc(OC(C)C)c2)cc1C(C)C. The number of hydrogen-bond acceptors (Lipinski definition) is 5. The average Bonchev–Trinajstić information content (AvgIpc) is 3.14. The second kappa shape index (κ2) is 10.7. The summed E-state index contributed by atoms with van der Waals surface area (Å²) in [7, 11) is 1.60. The van der Waals surface area contributed by atoms with Crippen LogP contribution in [0.25, 0.3) is 5.76 Å². The molecule has 1 amide bonds. The Balaban J connectivity index is 1.96. The molecule has 6 heteroatoms. The second-order valence-corrected chi connectivity index (χ2v) is 10.3. The molecule has 0 bridgehead atoms. The van der Waals surface area contributed by atoms with Crippen molar-refractivity contribution in [1.29, 1.82) is 0 Å². The third-order valence-corrected chi connectivity index (χ3v) is 6.88. The van der Waals surface area contributed by atoms with E-state index in [2.05, 4.69) is 0 Å². The molecule has 0 spiro atoms. The van der Waals surface area contributed by atoms with Gasteiger partial charge in [0.2, 0.25) is 0 Å². The summed E-state index contributed by atoms with van der Waals surface area (Å²) in [6.07, 6.45) is -0.0508. The molecule has 1 N–H and O–H groups in total. The van der Waals surface area contributed by atoms with E-state index in [1.54, 1.807) is 19.2 Å². The summed E-state index contributed by atoms with van der Waals surface area (Å²) in [6, 6.07) is 17.5. The molecule has 1 fully saturated rings. The van der Waals surface area contributed by atoms with Crippen molar-refractivity contribution in [3.63, 3.8) is 0 Å². The number of aryl methyl sites for hydroxylation is 2. The number of amides is 1. The standard InChI is InChI=1S/C32H35NO5/c1-18(2)26-17-23(12-14-27(26)37-7)30(34)28-29(22-9-8-10-25(16-22)38-19(3)4)33(32(36)31(28)35)24-13-11-20(5)21(6)15-24/h8-19,29,34H,1-7H3/b30-28+. The summed E-state index contributed by atoms with van der Waals surface area (Å²) in [5.41, 5.74) is 4.71. The van der Waals surface area contributed by atoms with Crippen LogP contribution in [0.3, 0.4) is 0 Å². The molecule has 1 saturated heterocycles. The highest BCUT2D eigenvalue weighted by Gasteiger charge is 2.47. The Morgan fingerprint density at radius 1 is 0.921 bits per heavy atom. The van der Waals surface area contributed by atoms with E-state index in [0.717, 1.165) is 16.7 Å². The Kier molecular flexibility index (Phi) is 7.63. The van der Waals surface area contributed by atoms with Gasteiger partial charge in [0, 0.05) is 11.3 Å². The number of aliphatic hydroxyl groups is 1. The molecule has 1 heterocycles. The number of methoxy groups -OCH3 is 1. The molecule has 0 saturated carbocycles. The van der Waals surface area contributed by atoms with Crippen molar-refractivity contribution in [2.24, 2.45) is 0 Å². The third kappa shape index (κ3) is 5.03. The number of benzene rings is 3. The van der Waals surface area contributed by atoms with Gasteiger partial charge >= 0.3 is 0 Å². The zero-order chi connectivity index (χ0) is 27.7. The average molecular weight is 514 g/mol. The lowest BCUT2D eigenvalue weighted by molar-refractivity contribution is -0.132. The lowest BCUT2D eigenvalue weighted by Gasteiger charge is -2.26. The molecule has 6 nitrogen and oxygen atoms in total. The summed E-state index contributed by atoms with van der Waals surface area (Å²) in [5.74, 6) is -0.206. The highest BCUT2D eigenvalue weighted by molar-refractivity contribution is 6.51. The maximum atomic E-state index is 13.6. The van der Waals surface area contributed by atoms with Crippen LogP contribution in [0.5, 0.6) is 11.5 Å². The van der Waals surface area contributed by atoms with Crippen LogP contribution in [-0.4, -0.2) is 30.0 Å². The van der Waals surface area contributed by atoms with Crippen LogP contribution < -0.4 is 14.4 Å². The van der Waals surface area contributed by atoms with Crippen LogP contribution >= 0.6 is 0 Å². The van der Waals surface area contributed by atoms with Crippen molar-refractivity contribution in [3.8, 4) is 11.5 Å². The lowest BCUT2D eigenvalue weighted by atomic mass is 9.93. The highest BCUT2D eigenvalue weighted by Crippen LogP contribution is 2.43. The van der Waals surface area contributed by atoms with E-state index in [1.165, 1.54) is 4.90 Å². The van der Waals surface area contributed by atoms with Crippen molar-refractivity contribution in [1.82, 2.24) is 0 Å². The van der Waals surface area contributed by atoms with Gasteiger partial charge in [0.25, 0.3) is 11.7 Å². The first-order chi connectivity index (χ1) is 18.0. The van der Waals surface area contributed by atoms with Crippen molar-refractivity contribution >= 4 is 23.1 Å². The van der Waals surface area contributed by atoms with Gasteiger partial charge in [0.1, 0.15) is 17.3 Å². The second-order valence-electron chi connectivity index (χ2n) is 10.3. The van der Waals surface area contributed by atoms with E-state index in [1.807, 2.05) is 90.1 Å². The highest BCUT2D eigenvalue weighted by atomic mass is 16.5. The Bertz CT molecular complexity index is 1420. The molecule has 1 aliphatic heterocycles. The molecule has 1 unspecified atom stereocenters. The van der Waals surface area contributed by atoms with Crippen molar-refractivity contribution in [2.45, 2.75) is 59.6 Å². The third-order valence-electron chi connectivity index (χ3n) is 6.88. The van der Waals surface area contributed by atoms with Gasteiger partial charge < -0.3 is 14.6 Å². The Morgan fingerprint density at radius 3 is 2.29 bits per heavy atom. The monoisotopic (exact) mass is 513 g/mol. The Hall–Kier alpha value is -4.06. The number of nitrogens with zero attached hydrogens (tertiary/aromatic N) is 1. The number of rotatable bonds is 7. The first-order valence-electron chi connectivity index (χ1n) is 12.9. The molecule has 198 valence electrons. The van der Waals surface area contributed by atoms with Crippen LogP contribution in [0, 0.1) is 13.8 Å². The first-order valence-corrected chi connectivity index (χ1v) is 12.9. The van der Waals surface area contributed by atoms with Gasteiger partial charge in [-0.25, -0.2) is 0 Å². The number of aliphatic hydroxyl groups excluding tert-OH is 1. The van der Waals surface area contributed by atoms with Crippen LogP contribution in [0.15, 0.2) is 66.2 Å². The van der Waals surface area contributed by atoms with E-state index in [0.29, 0.717) is 28.3 Å². The molecule has 4 rings (SSSR count). The largest absolute Gasteiger partial charge is 0.507 e. The zero-order valence-electron chi connectivity index (χ0n) is 23.0. The molecule has 0 radical (unpaired) electrons. The molecule has 38 heavy (non-hydrogen) atoms. The van der Waals surface area contributed by atoms with Crippen molar-refractivity contribution in [2.75, 3.05) is 12.0 Å². The van der Waals surface area contributed by atoms with Gasteiger partial charge in [-0.1, -0.05) is 32.0 Å². The number of hydrogen-bond donors (Lipinski definition) is 1.